The fourth-order valence-electron chi connectivity index (χ4n) is 1.81. The molecule has 0 bridgehead atoms. The second kappa shape index (κ2) is 8.40. The number of rotatable bonds is 8. The van der Waals surface area contributed by atoms with Gasteiger partial charge in [0.15, 0.2) is 11.6 Å². The number of ether oxygens (including phenoxy) is 1. The minimum Gasteiger partial charge on any atom is -0.494 e. The minimum absolute atomic E-state index is 0.0858. The number of carbonyl (C=O) groups is 1. The average molecular weight is 282 g/mol. The number of nitrogens with one attached hydrogen (secondary N) is 2. The van der Waals surface area contributed by atoms with Gasteiger partial charge in [0.1, 0.15) is 6.04 Å². The number of methoxy groups -OCH3 is 1. The molecule has 5 heteroatoms. The Morgan fingerprint density at radius 3 is 2.75 bits per heavy atom. The van der Waals surface area contributed by atoms with Crippen molar-refractivity contribution in [1.29, 1.82) is 0 Å². The van der Waals surface area contributed by atoms with E-state index in [0.717, 1.165) is 19.3 Å². The van der Waals surface area contributed by atoms with Gasteiger partial charge in [-0.15, -0.1) is 0 Å². The summed E-state index contributed by atoms with van der Waals surface area (Å²) in [6, 6.07) is 4.12. The summed E-state index contributed by atoms with van der Waals surface area (Å²) >= 11 is 0. The second-order valence-corrected chi connectivity index (χ2v) is 4.71. The Morgan fingerprint density at radius 1 is 1.40 bits per heavy atom. The maximum Gasteiger partial charge on any atom is 0.242 e. The van der Waals surface area contributed by atoms with E-state index in [2.05, 4.69) is 17.6 Å². The molecular weight excluding hydrogens is 259 g/mol. The molecule has 1 unspecified atom stereocenters. The van der Waals surface area contributed by atoms with E-state index >= 15 is 0 Å². The van der Waals surface area contributed by atoms with E-state index in [1.54, 1.807) is 13.0 Å². The number of hydrogen-bond acceptors (Lipinski definition) is 3. The SMILES string of the molecule is CCCCCNC(=O)C(C)Nc1ccc(OC)c(F)c1. The fourth-order valence-corrected chi connectivity index (χ4v) is 1.81. The second-order valence-electron chi connectivity index (χ2n) is 4.71. The minimum atomic E-state index is -0.451. The lowest BCUT2D eigenvalue weighted by molar-refractivity contribution is -0.121. The van der Waals surface area contributed by atoms with E-state index in [-0.39, 0.29) is 11.7 Å². The third kappa shape index (κ3) is 5.07. The third-order valence-electron chi connectivity index (χ3n) is 3.01. The van der Waals surface area contributed by atoms with Gasteiger partial charge in [-0.25, -0.2) is 4.39 Å². The predicted octanol–water partition coefficient (Wildman–Crippen LogP) is 2.94. The van der Waals surface area contributed by atoms with Crippen LogP contribution in [0.4, 0.5) is 10.1 Å². The Bertz CT molecular complexity index is 438. The van der Waals surface area contributed by atoms with Crippen LogP contribution < -0.4 is 15.4 Å². The average Bonchev–Trinajstić information content (AvgIpc) is 2.43. The lowest BCUT2D eigenvalue weighted by Gasteiger charge is -2.15. The molecule has 0 aliphatic rings. The highest BCUT2D eigenvalue weighted by Gasteiger charge is 2.12. The van der Waals surface area contributed by atoms with Crippen molar-refractivity contribution in [3.05, 3.63) is 24.0 Å². The van der Waals surface area contributed by atoms with Gasteiger partial charge in [0.2, 0.25) is 5.91 Å². The number of hydrogen-bond donors (Lipinski definition) is 2. The van der Waals surface area contributed by atoms with Crippen molar-refractivity contribution in [3.8, 4) is 5.75 Å². The van der Waals surface area contributed by atoms with Crippen LogP contribution in [0.25, 0.3) is 0 Å². The van der Waals surface area contributed by atoms with Gasteiger partial charge in [0.25, 0.3) is 0 Å². The summed E-state index contributed by atoms with van der Waals surface area (Å²) in [5, 5.41) is 5.82. The lowest BCUT2D eigenvalue weighted by Crippen LogP contribution is -2.38. The van der Waals surface area contributed by atoms with Gasteiger partial charge in [-0.3, -0.25) is 4.79 Å². The Labute approximate surface area is 119 Å². The van der Waals surface area contributed by atoms with Gasteiger partial charge < -0.3 is 15.4 Å². The molecule has 1 amide bonds. The summed E-state index contributed by atoms with van der Waals surface area (Å²) in [5.74, 6) is -0.349. The first-order valence-corrected chi connectivity index (χ1v) is 6.96. The molecule has 0 aliphatic heterocycles. The van der Waals surface area contributed by atoms with Gasteiger partial charge >= 0.3 is 0 Å². The highest BCUT2D eigenvalue weighted by Crippen LogP contribution is 2.21. The quantitative estimate of drug-likeness (QED) is 0.721. The van der Waals surface area contributed by atoms with Gasteiger partial charge in [-0.2, -0.15) is 0 Å². The molecule has 0 radical (unpaired) electrons. The van der Waals surface area contributed by atoms with E-state index in [4.69, 9.17) is 4.74 Å². The van der Waals surface area contributed by atoms with Gasteiger partial charge in [-0.1, -0.05) is 19.8 Å². The summed E-state index contributed by atoms with van der Waals surface area (Å²) in [6.45, 7) is 4.54. The van der Waals surface area contributed by atoms with Crippen LogP contribution in [0.15, 0.2) is 18.2 Å². The van der Waals surface area contributed by atoms with Crippen LogP contribution in [0.2, 0.25) is 0 Å². The predicted molar refractivity (Wildman–Crippen MR) is 78.6 cm³/mol. The van der Waals surface area contributed by atoms with Crippen LogP contribution in [0, 0.1) is 5.82 Å². The Kier molecular flexibility index (Phi) is 6.84. The van der Waals surface area contributed by atoms with Crippen LogP contribution in [0.1, 0.15) is 33.1 Å². The van der Waals surface area contributed by atoms with E-state index in [1.807, 2.05) is 0 Å². The van der Waals surface area contributed by atoms with Crippen molar-refractivity contribution in [2.24, 2.45) is 0 Å². The summed E-state index contributed by atoms with van der Waals surface area (Å²) < 4.78 is 18.4. The van der Waals surface area contributed by atoms with Gasteiger partial charge in [-0.05, 0) is 25.5 Å². The molecule has 112 valence electrons. The molecule has 0 saturated heterocycles. The van der Waals surface area contributed by atoms with Crippen molar-refractivity contribution in [3.63, 3.8) is 0 Å². The zero-order valence-corrected chi connectivity index (χ0v) is 12.3. The Hall–Kier alpha value is -1.78. The van der Waals surface area contributed by atoms with Crippen LogP contribution >= 0.6 is 0 Å². The fraction of sp³-hybridized carbons (Fsp3) is 0.533. The third-order valence-corrected chi connectivity index (χ3v) is 3.01. The monoisotopic (exact) mass is 282 g/mol. The van der Waals surface area contributed by atoms with Crippen molar-refractivity contribution in [2.75, 3.05) is 19.0 Å². The molecule has 2 N–H and O–H groups in total. The van der Waals surface area contributed by atoms with Crippen LogP contribution in [-0.4, -0.2) is 25.6 Å². The van der Waals surface area contributed by atoms with Crippen molar-refractivity contribution >= 4 is 11.6 Å². The number of carbonyl (C=O) groups excluding carboxylic acids is 1. The molecule has 4 nitrogen and oxygen atoms in total. The highest BCUT2D eigenvalue weighted by molar-refractivity contribution is 5.84. The number of benzene rings is 1. The molecule has 0 saturated carbocycles. The van der Waals surface area contributed by atoms with Crippen molar-refractivity contribution in [1.82, 2.24) is 5.32 Å². The topological polar surface area (TPSA) is 50.4 Å². The summed E-state index contributed by atoms with van der Waals surface area (Å²) in [4.78, 5) is 11.8. The summed E-state index contributed by atoms with van der Waals surface area (Å²) in [5.41, 5.74) is 0.555. The molecule has 1 rings (SSSR count). The molecule has 0 aliphatic carbocycles. The van der Waals surface area contributed by atoms with Gasteiger partial charge in [0.05, 0.1) is 7.11 Å². The smallest absolute Gasteiger partial charge is 0.242 e. The molecule has 0 aromatic heterocycles. The number of unbranched alkanes of at least 4 members (excludes halogenated alkanes) is 2. The zero-order chi connectivity index (χ0) is 15.0. The van der Waals surface area contributed by atoms with Crippen LogP contribution in [0.5, 0.6) is 5.75 Å². The summed E-state index contributed by atoms with van der Waals surface area (Å²) in [6.07, 6.45) is 3.20. The van der Waals surface area contributed by atoms with E-state index in [1.165, 1.54) is 19.2 Å². The first kappa shape index (κ1) is 16.3. The molecule has 0 heterocycles. The molecule has 20 heavy (non-hydrogen) atoms. The van der Waals surface area contributed by atoms with E-state index in [9.17, 15) is 9.18 Å². The van der Waals surface area contributed by atoms with Crippen molar-refractivity contribution in [2.45, 2.75) is 39.2 Å². The molecule has 1 atom stereocenters. The van der Waals surface area contributed by atoms with E-state index in [0.29, 0.717) is 12.2 Å². The molecule has 0 fully saturated rings. The van der Waals surface area contributed by atoms with E-state index < -0.39 is 11.9 Å². The Morgan fingerprint density at radius 2 is 2.15 bits per heavy atom. The molecular formula is C15H23FN2O2. The van der Waals surface area contributed by atoms with Gasteiger partial charge in [0, 0.05) is 18.3 Å². The highest BCUT2D eigenvalue weighted by atomic mass is 19.1. The number of anilines is 1. The maximum absolute atomic E-state index is 13.5. The number of amides is 1. The van der Waals surface area contributed by atoms with Crippen LogP contribution in [-0.2, 0) is 4.79 Å². The maximum atomic E-state index is 13.5. The molecule has 1 aromatic carbocycles. The number of halogens is 1. The first-order valence-electron chi connectivity index (χ1n) is 6.96. The first-order chi connectivity index (χ1) is 9.58. The molecule has 1 aromatic rings. The lowest BCUT2D eigenvalue weighted by atomic mass is 10.2. The van der Waals surface area contributed by atoms with Crippen molar-refractivity contribution < 1.29 is 13.9 Å². The standard InChI is InChI=1S/C15H23FN2O2/c1-4-5-6-9-17-15(19)11(2)18-12-7-8-14(20-3)13(16)10-12/h7-8,10-11,18H,4-6,9H2,1-3H3,(H,17,19). The Balaban J connectivity index is 2.46. The van der Waals surface area contributed by atoms with Crippen LogP contribution in [0.3, 0.4) is 0 Å². The largest absolute Gasteiger partial charge is 0.494 e. The summed E-state index contributed by atoms with van der Waals surface area (Å²) in [7, 11) is 1.41. The normalized spacial score (nSPS) is 11.8. The molecule has 0 spiro atoms. The zero-order valence-electron chi connectivity index (χ0n) is 12.3.